The molecule has 3 unspecified atom stereocenters. The van der Waals surface area contributed by atoms with Crippen molar-refractivity contribution in [1.29, 1.82) is 0 Å². The molecule has 2 bridgehead atoms. The third-order valence-corrected chi connectivity index (χ3v) is 4.57. The Labute approximate surface area is 109 Å². The van der Waals surface area contributed by atoms with Crippen molar-refractivity contribution in [2.75, 3.05) is 23.7 Å². The van der Waals surface area contributed by atoms with E-state index in [1.165, 1.54) is 31.4 Å². The first kappa shape index (κ1) is 11.8. The number of fused-ring (bicyclic) bond motifs is 2. The highest BCUT2D eigenvalue weighted by molar-refractivity contribution is 5.51. The van der Waals surface area contributed by atoms with Crippen molar-refractivity contribution in [2.45, 2.75) is 32.6 Å². The van der Waals surface area contributed by atoms with Crippen LogP contribution in [0.25, 0.3) is 0 Å². The molecule has 98 valence electrons. The molecule has 18 heavy (non-hydrogen) atoms. The maximum atomic E-state index is 4.30. The standard InChI is InChI=1S/C15H23N3/c1-2-16-15-9-14(5-6-17-15)18-10-13-8-11-3-4-12(13)7-11/h5-6,9,11-13H,2-4,7-8,10H2,1H3,(H2,16,17,18). The molecule has 1 heterocycles. The first-order valence-corrected chi connectivity index (χ1v) is 7.29. The Balaban J connectivity index is 1.55. The minimum absolute atomic E-state index is 0.902. The van der Waals surface area contributed by atoms with E-state index in [-0.39, 0.29) is 0 Å². The lowest BCUT2D eigenvalue weighted by Crippen LogP contribution is -2.20. The summed E-state index contributed by atoms with van der Waals surface area (Å²) in [6, 6.07) is 4.17. The van der Waals surface area contributed by atoms with Crippen LogP contribution >= 0.6 is 0 Å². The predicted molar refractivity (Wildman–Crippen MR) is 75.8 cm³/mol. The Morgan fingerprint density at radius 3 is 2.94 bits per heavy atom. The van der Waals surface area contributed by atoms with Gasteiger partial charge >= 0.3 is 0 Å². The second-order valence-electron chi connectivity index (χ2n) is 5.78. The summed E-state index contributed by atoms with van der Waals surface area (Å²) in [5, 5.41) is 6.84. The smallest absolute Gasteiger partial charge is 0.127 e. The van der Waals surface area contributed by atoms with Crippen LogP contribution in [0.4, 0.5) is 11.5 Å². The van der Waals surface area contributed by atoms with Crippen LogP contribution in [0.5, 0.6) is 0 Å². The molecule has 1 aromatic rings. The topological polar surface area (TPSA) is 37.0 Å². The van der Waals surface area contributed by atoms with Crippen LogP contribution in [0.1, 0.15) is 32.6 Å². The van der Waals surface area contributed by atoms with Gasteiger partial charge in [0.05, 0.1) is 0 Å². The summed E-state index contributed by atoms with van der Waals surface area (Å²) in [4.78, 5) is 4.30. The van der Waals surface area contributed by atoms with E-state index in [0.29, 0.717) is 0 Å². The highest BCUT2D eigenvalue weighted by atomic mass is 15.0. The molecule has 0 radical (unpaired) electrons. The number of rotatable bonds is 5. The number of aromatic nitrogens is 1. The molecule has 0 aromatic carbocycles. The van der Waals surface area contributed by atoms with Crippen LogP contribution in [-0.2, 0) is 0 Å². The van der Waals surface area contributed by atoms with Crippen molar-refractivity contribution >= 4 is 11.5 Å². The lowest BCUT2D eigenvalue weighted by molar-refractivity contribution is 0.348. The largest absolute Gasteiger partial charge is 0.385 e. The number of hydrogen-bond donors (Lipinski definition) is 2. The summed E-state index contributed by atoms with van der Waals surface area (Å²) in [5.74, 6) is 3.91. The molecule has 2 aliphatic carbocycles. The quantitative estimate of drug-likeness (QED) is 0.835. The molecular formula is C15H23N3. The minimum atomic E-state index is 0.902. The molecule has 0 amide bonds. The van der Waals surface area contributed by atoms with Crippen LogP contribution in [0.15, 0.2) is 18.3 Å². The van der Waals surface area contributed by atoms with Gasteiger partial charge in [0.25, 0.3) is 0 Å². The van der Waals surface area contributed by atoms with Gasteiger partial charge in [-0.05, 0) is 50.0 Å². The molecule has 2 saturated carbocycles. The molecule has 3 heteroatoms. The Hall–Kier alpha value is -1.25. The Bertz CT molecular complexity index is 404. The zero-order valence-electron chi connectivity index (χ0n) is 11.2. The fourth-order valence-electron chi connectivity index (χ4n) is 3.69. The number of hydrogen-bond acceptors (Lipinski definition) is 3. The van der Waals surface area contributed by atoms with Gasteiger partial charge in [-0.2, -0.15) is 0 Å². The summed E-state index contributed by atoms with van der Waals surface area (Å²) in [6.07, 6.45) is 7.77. The zero-order valence-corrected chi connectivity index (χ0v) is 11.2. The number of nitrogens with one attached hydrogen (secondary N) is 2. The zero-order chi connectivity index (χ0) is 12.4. The molecule has 0 spiro atoms. The van der Waals surface area contributed by atoms with Gasteiger partial charge in [-0.3, -0.25) is 0 Å². The first-order chi connectivity index (χ1) is 8.85. The first-order valence-electron chi connectivity index (χ1n) is 7.29. The lowest BCUT2D eigenvalue weighted by Gasteiger charge is -2.22. The Morgan fingerprint density at radius 1 is 1.28 bits per heavy atom. The summed E-state index contributed by atoms with van der Waals surface area (Å²) in [7, 11) is 0. The molecule has 3 nitrogen and oxygen atoms in total. The highest BCUT2D eigenvalue weighted by Gasteiger charge is 2.38. The molecular weight excluding hydrogens is 222 g/mol. The maximum Gasteiger partial charge on any atom is 0.127 e. The Kier molecular flexibility index (Phi) is 3.39. The summed E-state index contributed by atoms with van der Waals surface area (Å²) in [6.45, 7) is 4.15. The number of nitrogens with zero attached hydrogens (tertiary/aromatic N) is 1. The van der Waals surface area contributed by atoms with E-state index in [1.54, 1.807) is 0 Å². The average molecular weight is 245 g/mol. The fraction of sp³-hybridized carbons (Fsp3) is 0.667. The SMILES string of the molecule is CCNc1cc(NCC2CC3CCC2C3)ccn1. The summed E-state index contributed by atoms with van der Waals surface area (Å²) >= 11 is 0. The van der Waals surface area contributed by atoms with Gasteiger partial charge in [-0.25, -0.2) is 4.98 Å². The van der Waals surface area contributed by atoms with Crippen molar-refractivity contribution in [3.63, 3.8) is 0 Å². The van der Waals surface area contributed by atoms with Crippen molar-refractivity contribution in [3.05, 3.63) is 18.3 Å². The predicted octanol–water partition coefficient (Wildman–Crippen LogP) is 3.36. The molecule has 2 fully saturated rings. The Morgan fingerprint density at radius 2 is 2.22 bits per heavy atom. The molecule has 2 aliphatic rings. The molecule has 3 atom stereocenters. The van der Waals surface area contributed by atoms with Crippen molar-refractivity contribution in [3.8, 4) is 0 Å². The van der Waals surface area contributed by atoms with Crippen LogP contribution in [0.2, 0.25) is 0 Å². The van der Waals surface area contributed by atoms with E-state index >= 15 is 0 Å². The maximum absolute atomic E-state index is 4.30. The molecule has 1 aromatic heterocycles. The van der Waals surface area contributed by atoms with Crippen molar-refractivity contribution in [1.82, 2.24) is 4.98 Å². The molecule has 3 rings (SSSR count). The monoisotopic (exact) mass is 245 g/mol. The van der Waals surface area contributed by atoms with Gasteiger partial charge in [0.1, 0.15) is 5.82 Å². The third-order valence-electron chi connectivity index (χ3n) is 4.57. The van der Waals surface area contributed by atoms with Crippen molar-refractivity contribution in [2.24, 2.45) is 17.8 Å². The van der Waals surface area contributed by atoms with E-state index < -0.39 is 0 Å². The van der Waals surface area contributed by atoms with E-state index in [4.69, 9.17) is 0 Å². The van der Waals surface area contributed by atoms with Crippen LogP contribution < -0.4 is 10.6 Å². The number of anilines is 2. The summed E-state index contributed by atoms with van der Waals surface area (Å²) in [5.41, 5.74) is 1.20. The van der Waals surface area contributed by atoms with Gasteiger partial charge in [0, 0.05) is 31.0 Å². The number of pyridine rings is 1. The van der Waals surface area contributed by atoms with Crippen LogP contribution in [-0.4, -0.2) is 18.1 Å². The lowest BCUT2D eigenvalue weighted by atomic mass is 9.89. The fourth-order valence-corrected chi connectivity index (χ4v) is 3.69. The van der Waals surface area contributed by atoms with E-state index in [0.717, 1.165) is 36.7 Å². The van der Waals surface area contributed by atoms with Gasteiger partial charge < -0.3 is 10.6 Å². The molecule has 2 N–H and O–H groups in total. The van der Waals surface area contributed by atoms with E-state index in [2.05, 4.69) is 34.7 Å². The molecule has 0 saturated heterocycles. The normalized spacial score (nSPS) is 29.5. The van der Waals surface area contributed by atoms with E-state index in [1.807, 2.05) is 6.20 Å². The van der Waals surface area contributed by atoms with Gasteiger partial charge in [0.15, 0.2) is 0 Å². The van der Waals surface area contributed by atoms with Gasteiger partial charge in [0.2, 0.25) is 0 Å². The van der Waals surface area contributed by atoms with Crippen LogP contribution in [0.3, 0.4) is 0 Å². The second kappa shape index (κ2) is 5.17. The van der Waals surface area contributed by atoms with Crippen molar-refractivity contribution < 1.29 is 0 Å². The second-order valence-corrected chi connectivity index (χ2v) is 5.78. The molecule has 0 aliphatic heterocycles. The van der Waals surface area contributed by atoms with Crippen LogP contribution in [0, 0.1) is 17.8 Å². The average Bonchev–Trinajstić information content (AvgIpc) is 2.99. The van der Waals surface area contributed by atoms with Gasteiger partial charge in [-0.15, -0.1) is 0 Å². The van der Waals surface area contributed by atoms with E-state index in [9.17, 15) is 0 Å². The summed E-state index contributed by atoms with van der Waals surface area (Å²) < 4.78 is 0. The third kappa shape index (κ3) is 2.45. The highest BCUT2D eigenvalue weighted by Crippen LogP contribution is 2.48. The minimum Gasteiger partial charge on any atom is -0.385 e. The van der Waals surface area contributed by atoms with Gasteiger partial charge in [-0.1, -0.05) is 6.42 Å².